The third-order valence-corrected chi connectivity index (χ3v) is 2.85. The van der Waals surface area contributed by atoms with Crippen LogP contribution in [0.4, 0.5) is 0 Å². The number of carbonyl (C=O) groups is 1. The van der Waals surface area contributed by atoms with Crippen molar-refractivity contribution in [3.05, 3.63) is 0 Å². The highest BCUT2D eigenvalue weighted by Gasteiger charge is 2.19. The SMILES string of the molecule is CC(C)(C)NC(=O)CS(=O)(=O)CCN. The summed E-state index contributed by atoms with van der Waals surface area (Å²) < 4.78 is 22.4. The van der Waals surface area contributed by atoms with Gasteiger partial charge in [0.15, 0.2) is 9.84 Å². The number of nitrogens with two attached hydrogens (primary N) is 1. The average molecular weight is 222 g/mol. The monoisotopic (exact) mass is 222 g/mol. The van der Waals surface area contributed by atoms with Gasteiger partial charge in [0.1, 0.15) is 5.75 Å². The summed E-state index contributed by atoms with van der Waals surface area (Å²) in [6.45, 7) is 5.42. The zero-order chi connectivity index (χ0) is 11.4. The molecule has 3 N–H and O–H groups in total. The molecule has 14 heavy (non-hydrogen) atoms. The maximum atomic E-state index is 11.2. The maximum Gasteiger partial charge on any atom is 0.235 e. The van der Waals surface area contributed by atoms with Crippen molar-refractivity contribution in [3.8, 4) is 0 Å². The molecule has 0 aromatic heterocycles. The summed E-state index contributed by atoms with van der Waals surface area (Å²) >= 11 is 0. The highest BCUT2D eigenvalue weighted by molar-refractivity contribution is 7.92. The summed E-state index contributed by atoms with van der Waals surface area (Å²) in [6, 6.07) is 0. The molecule has 0 radical (unpaired) electrons. The Kier molecular flexibility index (Phi) is 4.54. The lowest BCUT2D eigenvalue weighted by Gasteiger charge is -2.20. The van der Waals surface area contributed by atoms with Crippen LogP contribution in [-0.4, -0.2) is 37.9 Å². The lowest BCUT2D eigenvalue weighted by Crippen LogP contribution is -2.44. The van der Waals surface area contributed by atoms with Crippen molar-refractivity contribution in [3.63, 3.8) is 0 Å². The van der Waals surface area contributed by atoms with Gasteiger partial charge in [-0.25, -0.2) is 8.42 Å². The zero-order valence-electron chi connectivity index (χ0n) is 8.83. The van der Waals surface area contributed by atoms with E-state index < -0.39 is 27.0 Å². The van der Waals surface area contributed by atoms with Crippen molar-refractivity contribution in [2.75, 3.05) is 18.1 Å². The van der Waals surface area contributed by atoms with Crippen molar-refractivity contribution in [1.29, 1.82) is 0 Å². The third-order valence-electron chi connectivity index (χ3n) is 1.29. The van der Waals surface area contributed by atoms with E-state index in [-0.39, 0.29) is 12.3 Å². The van der Waals surface area contributed by atoms with E-state index in [0.29, 0.717) is 0 Å². The number of hydrogen-bond donors (Lipinski definition) is 2. The second-order valence-electron chi connectivity index (χ2n) is 4.18. The lowest BCUT2D eigenvalue weighted by atomic mass is 10.1. The molecule has 0 unspecified atom stereocenters. The molecule has 0 heterocycles. The predicted octanol–water partition coefficient (Wildman–Crippen LogP) is -0.725. The number of amides is 1. The van der Waals surface area contributed by atoms with Gasteiger partial charge in [0, 0.05) is 12.1 Å². The maximum absolute atomic E-state index is 11.2. The second-order valence-corrected chi connectivity index (χ2v) is 6.36. The van der Waals surface area contributed by atoms with Gasteiger partial charge in [-0.1, -0.05) is 0 Å². The van der Waals surface area contributed by atoms with Gasteiger partial charge in [0.2, 0.25) is 5.91 Å². The predicted molar refractivity (Wildman–Crippen MR) is 55.6 cm³/mol. The lowest BCUT2D eigenvalue weighted by molar-refractivity contribution is -0.119. The summed E-state index contributed by atoms with van der Waals surface area (Å²) in [5, 5.41) is 2.57. The van der Waals surface area contributed by atoms with E-state index >= 15 is 0 Å². The Morgan fingerprint density at radius 3 is 2.21 bits per heavy atom. The van der Waals surface area contributed by atoms with Gasteiger partial charge < -0.3 is 11.1 Å². The summed E-state index contributed by atoms with van der Waals surface area (Å²) in [5.41, 5.74) is 4.70. The number of hydrogen-bond acceptors (Lipinski definition) is 4. The average Bonchev–Trinajstić information content (AvgIpc) is 1.78. The highest BCUT2D eigenvalue weighted by atomic mass is 32.2. The summed E-state index contributed by atoms with van der Waals surface area (Å²) in [6.07, 6.45) is 0. The van der Waals surface area contributed by atoms with E-state index in [4.69, 9.17) is 5.73 Å². The van der Waals surface area contributed by atoms with E-state index in [9.17, 15) is 13.2 Å². The van der Waals surface area contributed by atoms with Gasteiger partial charge in [-0.3, -0.25) is 4.79 Å². The Labute approximate surface area is 85.0 Å². The quantitative estimate of drug-likeness (QED) is 0.656. The van der Waals surface area contributed by atoms with Gasteiger partial charge in [0.05, 0.1) is 5.75 Å². The normalized spacial score (nSPS) is 12.6. The first kappa shape index (κ1) is 13.4. The molecule has 0 saturated carbocycles. The Morgan fingerprint density at radius 1 is 1.36 bits per heavy atom. The molecule has 0 aliphatic rings. The Hall–Kier alpha value is -0.620. The van der Waals surface area contributed by atoms with Crippen LogP contribution in [0.2, 0.25) is 0 Å². The molecule has 0 aromatic carbocycles. The van der Waals surface area contributed by atoms with E-state index in [1.807, 2.05) is 0 Å². The Morgan fingerprint density at radius 2 is 1.86 bits per heavy atom. The molecule has 0 saturated heterocycles. The molecule has 1 amide bonds. The van der Waals surface area contributed by atoms with Crippen LogP contribution in [0.15, 0.2) is 0 Å². The smallest absolute Gasteiger partial charge is 0.235 e. The fourth-order valence-electron chi connectivity index (χ4n) is 0.906. The van der Waals surface area contributed by atoms with Crippen LogP contribution in [0.3, 0.4) is 0 Å². The van der Waals surface area contributed by atoms with E-state index in [2.05, 4.69) is 5.32 Å². The standard InChI is InChI=1S/C8H18N2O3S/c1-8(2,3)10-7(11)6-14(12,13)5-4-9/h4-6,9H2,1-3H3,(H,10,11). The molecule has 5 nitrogen and oxygen atoms in total. The summed E-state index contributed by atoms with van der Waals surface area (Å²) in [5.74, 6) is -1.11. The fourth-order valence-corrected chi connectivity index (χ4v) is 1.88. The molecule has 0 aliphatic carbocycles. The van der Waals surface area contributed by atoms with Crippen molar-refractivity contribution in [2.24, 2.45) is 5.73 Å². The topological polar surface area (TPSA) is 89.3 Å². The van der Waals surface area contributed by atoms with Crippen LogP contribution in [0.5, 0.6) is 0 Å². The molecule has 84 valence electrons. The van der Waals surface area contributed by atoms with E-state index in [1.165, 1.54) is 0 Å². The molecule has 0 bridgehead atoms. The van der Waals surface area contributed by atoms with Crippen molar-refractivity contribution in [2.45, 2.75) is 26.3 Å². The van der Waals surface area contributed by atoms with Gasteiger partial charge in [-0.05, 0) is 20.8 Å². The Balaban J connectivity index is 4.21. The van der Waals surface area contributed by atoms with E-state index in [1.54, 1.807) is 20.8 Å². The van der Waals surface area contributed by atoms with Gasteiger partial charge in [0.25, 0.3) is 0 Å². The van der Waals surface area contributed by atoms with Crippen LogP contribution in [0, 0.1) is 0 Å². The minimum Gasteiger partial charge on any atom is -0.351 e. The molecule has 0 spiro atoms. The van der Waals surface area contributed by atoms with E-state index in [0.717, 1.165) is 0 Å². The second kappa shape index (κ2) is 4.75. The van der Waals surface area contributed by atoms with Gasteiger partial charge in [-0.15, -0.1) is 0 Å². The largest absolute Gasteiger partial charge is 0.351 e. The Bertz CT molecular complexity index is 290. The molecule has 0 aromatic rings. The summed E-state index contributed by atoms with van der Waals surface area (Å²) in [4.78, 5) is 11.2. The minimum atomic E-state index is -3.34. The first-order chi connectivity index (χ1) is 6.16. The number of sulfone groups is 1. The fraction of sp³-hybridized carbons (Fsp3) is 0.875. The number of rotatable bonds is 4. The first-order valence-corrected chi connectivity index (χ1v) is 6.20. The van der Waals surface area contributed by atoms with Gasteiger partial charge in [-0.2, -0.15) is 0 Å². The van der Waals surface area contributed by atoms with Crippen molar-refractivity contribution < 1.29 is 13.2 Å². The number of nitrogens with one attached hydrogen (secondary N) is 1. The van der Waals surface area contributed by atoms with Gasteiger partial charge >= 0.3 is 0 Å². The molecular formula is C8H18N2O3S. The highest BCUT2D eigenvalue weighted by Crippen LogP contribution is 1.99. The molecule has 0 rings (SSSR count). The third kappa shape index (κ3) is 6.85. The molecule has 0 aliphatic heterocycles. The summed E-state index contributed by atoms with van der Waals surface area (Å²) in [7, 11) is -3.34. The molecule has 0 atom stereocenters. The van der Waals surface area contributed by atoms with Crippen LogP contribution >= 0.6 is 0 Å². The van der Waals surface area contributed by atoms with Crippen LogP contribution in [0.25, 0.3) is 0 Å². The van der Waals surface area contributed by atoms with Crippen LogP contribution in [-0.2, 0) is 14.6 Å². The number of carbonyl (C=O) groups excluding carboxylic acids is 1. The van der Waals surface area contributed by atoms with Crippen LogP contribution in [0.1, 0.15) is 20.8 Å². The van der Waals surface area contributed by atoms with Crippen molar-refractivity contribution in [1.82, 2.24) is 5.32 Å². The first-order valence-electron chi connectivity index (χ1n) is 4.38. The molecule has 0 fully saturated rings. The molecular weight excluding hydrogens is 204 g/mol. The van der Waals surface area contributed by atoms with Crippen LogP contribution < -0.4 is 11.1 Å². The van der Waals surface area contributed by atoms with Crippen molar-refractivity contribution >= 4 is 15.7 Å². The molecule has 6 heteroatoms. The minimum absolute atomic E-state index is 0.0468. The zero-order valence-corrected chi connectivity index (χ0v) is 9.65.